The number of pyridine rings is 1. The highest BCUT2D eigenvalue weighted by Gasteiger charge is 2.20. The first-order chi connectivity index (χ1) is 8.40. The molecule has 1 unspecified atom stereocenters. The molecule has 0 aromatic carbocycles. The molecule has 6 heteroatoms. The van der Waals surface area contributed by atoms with E-state index in [0.717, 1.165) is 0 Å². The monoisotopic (exact) mass is 270 g/mol. The molecule has 0 fully saturated rings. The molecule has 0 saturated heterocycles. The fraction of sp³-hybridized carbons (Fsp3) is 0.417. The molecule has 1 atom stereocenters. The SMILES string of the molecule is CC(C)C(CC(=O)O)NC(=O)c1cc(Cl)ccn1. The third kappa shape index (κ3) is 4.33. The van der Waals surface area contributed by atoms with Crippen LogP contribution in [0, 0.1) is 5.92 Å². The predicted molar refractivity (Wildman–Crippen MR) is 67.6 cm³/mol. The van der Waals surface area contributed by atoms with Crippen molar-refractivity contribution in [3.63, 3.8) is 0 Å². The number of carbonyl (C=O) groups is 2. The molecule has 1 rings (SSSR count). The Balaban J connectivity index is 2.75. The van der Waals surface area contributed by atoms with Crippen molar-refractivity contribution in [2.45, 2.75) is 26.3 Å². The quantitative estimate of drug-likeness (QED) is 0.857. The van der Waals surface area contributed by atoms with Crippen LogP contribution in [0.4, 0.5) is 0 Å². The van der Waals surface area contributed by atoms with Gasteiger partial charge < -0.3 is 10.4 Å². The van der Waals surface area contributed by atoms with Crippen molar-refractivity contribution >= 4 is 23.5 Å². The van der Waals surface area contributed by atoms with E-state index >= 15 is 0 Å². The number of hydrogen-bond acceptors (Lipinski definition) is 3. The van der Waals surface area contributed by atoms with Gasteiger partial charge in [0, 0.05) is 17.3 Å². The Kier molecular flexibility index (Phi) is 5.09. The van der Waals surface area contributed by atoms with Crippen molar-refractivity contribution in [3.05, 3.63) is 29.0 Å². The minimum absolute atomic E-state index is 0.0178. The van der Waals surface area contributed by atoms with Crippen LogP contribution in [0.15, 0.2) is 18.3 Å². The van der Waals surface area contributed by atoms with Crippen LogP contribution in [-0.4, -0.2) is 28.0 Å². The number of carbonyl (C=O) groups excluding carboxylic acids is 1. The number of carboxylic acids is 1. The van der Waals surface area contributed by atoms with Crippen LogP contribution in [0.25, 0.3) is 0 Å². The van der Waals surface area contributed by atoms with E-state index in [1.165, 1.54) is 12.3 Å². The zero-order chi connectivity index (χ0) is 13.7. The lowest BCUT2D eigenvalue weighted by molar-refractivity contribution is -0.137. The van der Waals surface area contributed by atoms with Crippen molar-refractivity contribution in [3.8, 4) is 0 Å². The fourth-order valence-electron chi connectivity index (χ4n) is 1.41. The van der Waals surface area contributed by atoms with E-state index in [-0.39, 0.29) is 18.0 Å². The maximum atomic E-state index is 11.9. The molecule has 0 saturated carbocycles. The van der Waals surface area contributed by atoms with E-state index in [9.17, 15) is 9.59 Å². The van der Waals surface area contributed by atoms with Gasteiger partial charge in [0.2, 0.25) is 0 Å². The molecule has 1 aromatic heterocycles. The number of aliphatic carboxylic acids is 1. The molecule has 1 aromatic rings. The van der Waals surface area contributed by atoms with Crippen LogP contribution in [0.3, 0.4) is 0 Å². The van der Waals surface area contributed by atoms with Gasteiger partial charge >= 0.3 is 5.97 Å². The summed E-state index contributed by atoms with van der Waals surface area (Å²) >= 11 is 5.76. The maximum absolute atomic E-state index is 11.9. The maximum Gasteiger partial charge on any atom is 0.305 e. The van der Waals surface area contributed by atoms with E-state index in [1.54, 1.807) is 6.07 Å². The lowest BCUT2D eigenvalue weighted by Gasteiger charge is -2.20. The van der Waals surface area contributed by atoms with Crippen molar-refractivity contribution in [1.82, 2.24) is 10.3 Å². The molecule has 0 aliphatic heterocycles. The van der Waals surface area contributed by atoms with Gasteiger partial charge in [-0.1, -0.05) is 25.4 Å². The van der Waals surface area contributed by atoms with Crippen LogP contribution in [0.5, 0.6) is 0 Å². The highest BCUT2D eigenvalue weighted by atomic mass is 35.5. The van der Waals surface area contributed by atoms with E-state index < -0.39 is 17.9 Å². The van der Waals surface area contributed by atoms with Gasteiger partial charge in [-0.2, -0.15) is 0 Å². The van der Waals surface area contributed by atoms with Crippen LogP contribution in [0.1, 0.15) is 30.8 Å². The Labute approximate surface area is 110 Å². The second-order valence-corrected chi connectivity index (χ2v) is 4.72. The van der Waals surface area contributed by atoms with Crippen molar-refractivity contribution in [1.29, 1.82) is 0 Å². The summed E-state index contributed by atoms with van der Waals surface area (Å²) in [6.45, 7) is 3.69. The zero-order valence-corrected chi connectivity index (χ0v) is 10.9. The first-order valence-corrected chi connectivity index (χ1v) is 5.92. The van der Waals surface area contributed by atoms with Crippen LogP contribution >= 0.6 is 11.6 Å². The smallest absolute Gasteiger partial charge is 0.305 e. The number of nitrogens with zero attached hydrogens (tertiary/aromatic N) is 1. The number of hydrogen-bond donors (Lipinski definition) is 2. The van der Waals surface area contributed by atoms with Crippen LogP contribution < -0.4 is 5.32 Å². The summed E-state index contributed by atoms with van der Waals surface area (Å²) in [5, 5.41) is 11.8. The molecule has 5 nitrogen and oxygen atoms in total. The summed E-state index contributed by atoms with van der Waals surface area (Å²) in [6.07, 6.45) is 1.31. The van der Waals surface area contributed by atoms with Crippen LogP contribution in [0.2, 0.25) is 5.02 Å². The Morgan fingerprint density at radius 2 is 2.17 bits per heavy atom. The summed E-state index contributed by atoms with van der Waals surface area (Å²) in [5.74, 6) is -1.35. The minimum atomic E-state index is -0.951. The number of aromatic nitrogens is 1. The third-order valence-electron chi connectivity index (χ3n) is 2.47. The number of amides is 1. The number of rotatable bonds is 5. The Bertz CT molecular complexity index is 449. The molecule has 0 radical (unpaired) electrons. The fourth-order valence-corrected chi connectivity index (χ4v) is 1.57. The third-order valence-corrected chi connectivity index (χ3v) is 2.71. The molecule has 0 aliphatic carbocycles. The summed E-state index contributed by atoms with van der Waals surface area (Å²) in [5.41, 5.74) is 0.179. The molecule has 2 N–H and O–H groups in total. The molecule has 1 heterocycles. The first kappa shape index (κ1) is 14.4. The van der Waals surface area contributed by atoms with Crippen molar-refractivity contribution in [2.24, 2.45) is 5.92 Å². The van der Waals surface area contributed by atoms with E-state index in [2.05, 4.69) is 10.3 Å². The Morgan fingerprint density at radius 1 is 1.50 bits per heavy atom. The van der Waals surface area contributed by atoms with Gasteiger partial charge in [-0.15, -0.1) is 0 Å². The molecule has 0 aliphatic rings. The van der Waals surface area contributed by atoms with Crippen LogP contribution in [-0.2, 0) is 4.79 Å². The number of nitrogens with one attached hydrogen (secondary N) is 1. The summed E-state index contributed by atoms with van der Waals surface area (Å²) in [7, 11) is 0. The molecule has 98 valence electrons. The minimum Gasteiger partial charge on any atom is -0.481 e. The number of halogens is 1. The van der Waals surface area contributed by atoms with E-state index in [0.29, 0.717) is 5.02 Å². The van der Waals surface area contributed by atoms with Crippen molar-refractivity contribution < 1.29 is 14.7 Å². The van der Waals surface area contributed by atoms with Gasteiger partial charge in [0.1, 0.15) is 5.69 Å². The average molecular weight is 271 g/mol. The number of carboxylic acid groups (broad SMARTS) is 1. The summed E-state index contributed by atoms with van der Waals surface area (Å²) in [4.78, 5) is 26.5. The second kappa shape index (κ2) is 6.35. The Morgan fingerprint density at radius 3 is 2.67 bits per heavy atom. The van der Waals surface area contributed by atoms with Gasteiger partial charge in [0.05, 0.1) is 6.42 Å². The lowest BCUT2D eigenvalue weighted by atomic mass is 10.0. The lowest BCUT2D eigenvalue weighted by Crippen LogP contribution is -2.40. The summed E-state index contributed by atoms with van der Waals surface area (Å²) < 4.78 is 0. The second-order valence-electron chi connectivity index (χ2n) is 4.28. The standard InChI is InChI=1S/C12H15ClN2O3/c1-7(2)9(6-11(16)17)15-12(18)10-5-8(13)3-4-14-10/h3-5,7,9H,6H2,1-2H3,(H,15,18)(H,16,17). The molecule has 0 bridgehead atoms. The van der Waals surface area contributed by atoms with Gasteiger partial charge in [-0.25, -0.2) is 0 Å². The molecule has 1 amide bonds. The summed E-state index contributed by atoms with van der Waals surface area (Å²) in [6, 6.07) is 2.57. The van der Waals surface area contributed by atoms with Gasteiger partial charge in [-0.05, 0) is 18.1 Å². The zero-order valence-electron chi connectivity index (χ0n) is 10.2. The topological polar surface area (TPSA) is 79.3 Å². The molecular weight excluding hydrogens is 256 g/mol. The van der Waals surface area contributed by atoms with Gasteiger partial charge in [-0.3, -0.25) is 14.6 Å². The van der Waals surface area contributed by atoms with Gasteiger partial charge in [0.25, 0.3) is 5.91 Å². The largest absolute Gasteiger partial charge is 0.481 e. The normalized spacial score (nSPS) is 12.2. The molecule has 0 spiro atoms. The van der Waals surface area contributed by atoms with Crippen molar-refractivity contribution in [2.75, 3.05) is 0 Å². The average Bonchev–Trinajstić information content (AvgIpc) is 2.27. The molecular formula is C12H15ClN2O3. The predicted octanol–water partition coefficient (Wildman–Crippen LogP) is 1.96. The van der Waals surface area contributed by atoms with E-state index in [1.807, 2.05) is 13.8 Å². The highest BCUT2D eigenvalue weighted by Crippen LogP contribution is 2.10. The molecule has 18 heavy (non-hydrogen) atoms. The Hall–Kier alpha value is -1.62. The first-order valence-electron chi connectivity index (χ1n) is 5.54. The van der Waals surface area contributed by atoms with E-state index in [4.69, 9.17) is 16.7 Å². The highest BCUT2D eigenvalue weighted by molar-refractivity contribution is 6.30. The van der Waals surface area contributed by atoms with Gasteiger partial charge in [0.15, 0.2) is 0 Å².